The molecule has 4 rings (SSSR count). The number of phenols is 1. The highest BCUT2D eigenvalue weighted by molar-refractivity contribution is 7.15. The van der Waals surface area contributed by atoms with Crippen LogP contribution in [0.15, 0.2) is 42.6 Å². The van der Waals surface area contributed by atoms with Crippen molar-refractivity contribution in [3.63, 3.8) is 0 Å². The molecular formula is C21H22N2O3S. The van der Waals surface area contributed by atoms with Crippen molar-refractivity contribution in [2.45, 2.75) is 20.0 Å². The molecule has 0 bridgehead atoms. The van der Waals surface area contributed by atoms with Gasteiger partial charge in [0.25, 0.3) is 0 Å². The van der Waals surface area contributed by atoms with Gasteiger partial charge in [-0.05, 0) is 42.8 Å². The first-order valence-corrected chi connectivity index (χ1v) is 9.71. The first-order valence-electron chi connectivity index (χ1n) is 8.90. The topological polar surface area (TPSA) is 54.8 Å². The normalized spacial score (nSPS) is 14.3. The molecule has 5 nitrogen and oxygen atoms in total. The fourth-order valence-corrected chi connectivity index (χ4v) is 4.24. The highest BCUT2D eigenvalue weighted by Crippen LogP contribution is 2.39. The van der Waals surface area contributed by atoms with Gasteiger partial charge < -0.3 is 14.6 Å². The number of ether oxygens (including phenoxy) is 2. The lowest BCUT2D eigenvalue weighted by Gasteiger charge is -2.20. The molecule has 0 atom stereocenters. The first-order chi connectivity index (χ1) is 13.1. The second-order valence-electron chi connectivity index (χ2n) is 6.62. The number of nitrogens with zero attached hydrogens (tertiary/aromatic N) is 2. The largest absolute Gasteiger partial charge is 0.504 e. The summed E-state index contributed by atoms with van der Waals surface area (Å²) in [6.07, 6.45) is 1.73. The summed E-state index contributed by atoms with van der Waals surface area (Å²) in [5.74, 6) is 1.44. The lowest BCUT2D eigenvalue weighted by Crippen LogP contribution is -2.25. The Hall–Kier alpha value is -2.57. The van der Waals surface area contributed by atoms with Gasteiger partial charge in [0.2, 0.25) is 5.88 Å². The molecule has 0 aliphatic carbocycles. The van der Waals surface area contributed by atoms with Gasteiger partial charge in [-0.1, -0.05) is 6.07 Å². The van der Waals surface area contributed by atoms with Gasteiger partial charge in [0, 0.05) is 46.7 Å². The summed E-state index contributed by atoms with van der Waals surface area (Å²) in [5.41, 5.74) is 3.06. The summed E-state index contributed by atoms with van der Waals surface area (Å²) >= 11 is 1.72. The predicted octanol–water partition coefficient (Wildman–Crippen LogP) is 4.23. The van der Waals surface area contributed by atoms with Gasteiger partial charge in [-0.3, -0.25) is 4.90 Å². The van der Waals surface area contributed by atoms with E-state index in [4.69, 9.17) is 9.47 Å². The third-order valence-corrected chi connectivity index (χ3v) is 5.71. The number of thiophene rings is 1. The molecule has 1 aliphatic heterocycles. The van der Waals surface area contributed by atoms with E-state index in [1.165, 1.54) is 4.88 Å². The summed E-state index contributed by atoms with van der Waals surface area (Å²) in [5, 5.41) is 10.5. The molecule has 0 radical (unpaired) electrons. The minimum atomic E-state index is 0.203. The van der Waals surface area contributed by atoms with Crippen LogP contribution in [0.2, 0.25) is 0 Å². The molecule has 1 aromatic carbocycles. The van der Waals surface area contributed by atoms with Crippen molar-refractivity contribution >= 4 is 11.3 Å². The van der Waals surface area contributed by atoms with Crippen molar-refractivity contribution in [2.75, 3.05) is 20.3 Å². The van der Waals surface area contributed by atoms with Crippen LogP contribution in [0.3, 0.4) is 0 Å². The zero-order valence-electron chi connectivity index (χ0n) is 15.4. The number of methoxy groups -OCH3 is 1. The van der Waals surface area contributed by atoms with E-state index in [1.54, 1.807) is 30.7 Å². The molecule has 0 amide bonds. The lowest BCUT2D eigenvalue weighted by atomic mass is 10.1. The van der Waals surface area contributed by atoms with Crippen LogP contribution in [-0.4, -0.2) is 35.3 Å². The molecule has 0 saturated heterocycles. The number of aryl methyl sites for hydroxylation is 1. The van der Waals surface area contributed by atoms with Crippen LogP contribution < -0.4 is 9.47 Å². The van der Waals surface area contributed by atoms with Crippen LogP contribution in [0.4, 0.5) is 0 Å². The maximum absolute atomic E-state index is 10.5. The molecule has 0 unspecified atom stereocenters. The van der Waals surface area contributed by atoms with Crippen LogP contribution >= 0.6 is 11.3 Å². The molecule has 1 aliphatic rings. The summed E-state index contributed by atoms with van der Waals surface area (Å²) in [4.78, 5) is 8.97. The number of pyridine rings is 1. The quantitative estimate of drug-likeness (QED) is 0.732. The van der Waals surface area contributed by atoms with Gasteiger partial charge in [0.15, 0.2) is 11.5 Å². The molecule has 0 spiro atoms. The number of rotatable bonds is 4. The summed E-state index contributed by atoms with van der Waals surface area (Å²) < 4.78 is 11.2. The van der Waals surface area contributed by atoms with Gasteiger partial charge in [-0.2, -0.15) is 0 Å². The molecule has 3 heterocycles. The van der Waals surface area contributed by atoms with Gasteiger partial charge in [-0.15, -0.1) is 11.3 Å². The first kappa shape index (κ1) is 17.8. The number of aromatic hydroxyl groups is 1. The Labute approximate surface area is 162 Å². The predicted molar refractivity (Wildman–Crippen MR) is 107 cm³/mol. The minimum Gasteiger partial charge on any atom is -0.504 e. The van der Waals surface area contributed by atoms with Gasteiger partial charge in [0.1, 0.15) is 6.61 Å². The molecule has 0 saturated carbocycles. The summed E-state index contributed by atoms with van der Waals surface area (Å²) in [6.45, 7) is 4.78. The number of benzene rings is 1. The van der Waals surface area contributed by atoms with Crippen molar-refractivity contribution < 1.29 is 14.6 Å². The van der Waals surface area contributed by atoms with Gasteiger partial charge in [-0.25, -0.2) is 4.98 Å². The Morgan fingerprint density at radius 1 is 1.30 bits per heavy atom. The van der Waals surface area contributed by atoms with E-state index in [9.17, 15) is 5.11 Å². The lowest BCUT2D eigenvalue weighted by molar-refractivity contribution is 0.214. The standard InChI is InChI=1S/C21H22N2O3S/c1-14-5-6-19(27-14)16-10-17-13-23(8-9-26-20(17)18(24)11-16)12-15-4-3-7-22-21(15)25-2/h3-7,10-11,24H,8-9,12-13H2,1-2H3. The second-order valence-corrected chi connectivity index (χ2v) is 7.91. The molecule has 2 aromatic heterocycles. The number of phenolic OH excluding ortho intramolecular Hbond substituents is 1. The second kappa shape index (κ2) is 7.58. The minimum absolute atomic E-state index is 0.203. The van der Waals surface area contributed by atoms with Crippen molar-refractivity contribution in [1.82, 2.24) is 9.88 Å². The zero-order valence-corrected chi connectivity index (χ0v) is 16.3. The maximum atomic E-state index is 10.5. The molecule has 140 valence electrons. The number of aromatic nitrogens is 1. The van der Waals surface area contributed by atoms with Gasteiger partial charge in [0.05, 0.1) is 7.11 Å². The van der Waals surface area contributed by atoms with Gasteiger partial charge >= 0.3 is 0 Å². The Morgan fingerprint density at radius 2 is 2.19 bits per heavy atom. The Balaban J connectivity index is 1.63. The highest BCUT2D eigenvalue weighted by Gasteiger charge is 2.21. The van der Waals surface area contributed by atoms with Crippen LogP contribution in [0.5, 0.6) is 17.4 Å². The van der Waals surface area contributed by atoms with E-state index in [1.807, 2.05) is 12.1 Å². The van der Waals surface area contributed by atoms with Crippen molar-refractivity contribution in [2.24, 2.45) is 0 Å². The fraction of sp³-hybridized carbons (Fsp3) is 0.286. The van der Waals surface area contributed by atoms with Crippen LogP contribution in [0, 0.1) is 6.92 Å². The third kappa shape index (κ3) is 3.77. The smallest absolute Gasteiger partial charge is 0.217 e. The maximum Gasteiger partial charge on any atom is 0.217 e. The summed E-state index contributed by atoms with van der Waals surface area (Å²) in [7, 11) is 1.64. The van der Waals surface area contributed by atoms with Crippen LogP contribution in [-0.2, 0) is 13.1 Å². The van der Waals surface area contributed by atoms with E-state index in [0.29, 0.717) is 31.3 Å². The number of hydrogen-bond donors (Lipinski definition) is 1. The molecule has 3 aromatic rings. The van der Waals surface area contributed by atoms with Crippen molar-refractivity contribution in [3.05, 3.63) is 58.6 Å². The molecule has 1 N–H and O–H groups in total. The van der Waals surface area contributed by atoms with Crippen molar-refractivity contribution in [1.29, 1.82) is 0 Å². The highest BCUT2D eigenvalue weighted by atomic mass is 32.1. The van der Waals surface area contributed by atoms with Crippen molar-refractivity contribution in [3.8, 4) is 27.8 Å². The van der Waals surface area contributed by atoms with E-state index in [2.05, 4.69) is 35.0 Å². The SMILES string of the molecule is COc1ncccc1CN1CCOc2c(O)cc(-c3ccc(C)s3)cc2C1. The fourth-order valence-electron chi connectivity index (χ4n) is 3.39. The van der Waals surface area contributed by atoms with E-state index in [-0.39, 0.29) is 5.75 Å². The Kier molecular flexibility index (Phi) is 5.01. The number of fused-ring (bicyclic) bond motifs is 1. The van der Waals surface area contributed by atoms with Crippen LogP contribution in [0.1, 0.15) is 16.0 Å². The Bertz CT molecular complexity index is 954. The van der Waals surface area contributed by atoms with Crippen LogP contribution in [0.25, 0.3) is 10.4 Å². The average molecular weight is 382 g/mol. The van der Waals surface area contributed by atoms with E-state index >= 15 is 0 Å². The third-order valence-electron chi connectivity index (χ3n) is 4.66. The van der Waals surface area contributed by atoms with E-state index < -0.39 is 0 Å². The van der Waals surface area contributed by atoms with E-state index in [0.717, 1.165) is 28.1 Å². The Morgan fingerprint density at radius 3 is 2.96 bits per heavy atom. The molecule has 27 heavy (non-hydrogen) atoms. The molecular weight excluding hydrogens is 360 g/mol. The number of hydrogen-bond acceptors (Lipinski definition) is 6. The molecule has 6 heteroatoms. The monoisotopic (exact) mass is 382 g/mol. The molecule has 0 fully saturated rings. The zero-order chi connectivity index (χ0) is 18.8. The average Bonchev–Trinajstić information content (AvgIpc) is 2.99. The summed E-state index contributed by atoms with van der Waals surface area (Å²) in [6, 6.07) is 12.1.